The van der Waals surface area contributed by atoms with Crippen molar-refractivity contribution in [3.05, 3.63) is 77.1 Å². The van der Waals surface area contributed by atoms with E-state index in [-0.39, 0.29) is 17.5 Å². The van der Waals surface area contributed by atoms with Gasteiger partial charge in [0, 0.05) is 29.0 Å². The minimum Gasteiger partial charge on any atom is -0.341 e. The molecule has 0 saturated heterocycles. The van der Waals surface area contributed by atoms with E-state index in [1.807, 2.05) is 16.9 Å². The lowest BCUT2D eigenvalue weighted by Gasteiger charge is -2.10. The molecule has 1 unspecified atom stereocenters. The van der Waals surface area contributed by atoms with E-state index in [2.05, 4.69) is 10.4 Å². The van der Waals surface area contributed by atoms with Gasteiger partial charge in [0.1, 0.15) is 11.6 Å². The van der Waals surface area contributed by atoms with Crippen LogP contribution >= 0.6 is 0 Å². The average molecular weight is 351 g/mol. The van der Waals surface area contributed by atoms with E-state index in [0.29, 0.717) is 17.2 Å². The Labute approximate surface area is 148 Å². The van der Waals surface area contributed by atoms with Gasteiger partial charge in [0.25, 0.3) is 5.91 Å². The maximum Gasteiger partial charge on any atom is 0.252 e. The van der Waals surface area contributed by atoms with Gasteiger partial charge in [0.2, 0.25) is 0 Å². The van der Waals surface area contributed by atoms with E-state index in [9.17, 15) is 13.6 Å². The molecule has 0 radical (unpaired) electrons. The molecule has 1 amide bonds. The Balaban J connectivity index is 1.53. The van der Waals surface area contributed by atoms with E-state index in [1.165, 1.54) is 12.1 Å². The molecule has 1 aliphatic heterocycles. The van der Waals surface area contributed by atoms with Gasteiger partial charge in [-0.05, 0) is 42.2 Å². The van der Waals surface area contributed by atoms with Crippen LogP contribution in [-0.4, -0.2) is 15.7 Å². The molecule has 2 heterocycles. The summed E-state index contributed by atoms with van der Waals surface area (Å²) in [7, 11) is 0. The topological polar surface area (TPSA) is 46.9 Å². The molecule has 2 aliphatic rings. The fourth-order valence-electron chi connectivity index (χ4n) is 3.49. The summed E-state index contributed by atoms with van der Waals surface area (Å²) < 4.78 is 29.1. The van der Waals surface area contributed by atoms with E-state index < -0.39 is 11.6 Å². The number of nitrogens with one attached hydrogen (secondary N) is 1. The molecule has 0 spiro atoms. The first-order valence-electron chi connectivity index (χ1n) is 8.54. The SMILES string of the molecule is O=C1NC(c2cnn(C3CC3)c2)c2ccc(-c3ccc(F)cc3F)cc21. The smallest absolute Gasteiger partial charge is 0.252 e. The summed E-state index contributed by atoms with van der Waals surface area (Å²) in [6.07, 6.45) is 6.04. The van der Waals surface area contributed by atoms with Crippen LogP contribution in [0.2, 0.25) is 0 Å². The van der Waals surface area contributed by atoms with Gasteiger partial charge in [-0.1, -0.05) is 12.1 Å². The van der Waals surface area contributed by atoms with Crippen molar-refractivity contribution in [2.75, 3.05) is 0 Å². The van der Waals surface area contributed by atoms with Crippen LogP contribution in [0.3, 0.4) is 0 Å². The summed E-state index contributed by atoms with van der Waals surface area (Å²) in [5.41, 5.74) is 3.11. The van der Waals surface area contributed by atoms with Crippen molar-refractivity contribution in [3.8, 4) is 11.1 Å². The van der Waals surface area contributed by atoms with Gasteiger partial charge in [0.05, 0.1) is 18.3 Å². The normalized spacial score (nSPS) is 18.7. The van der Waals surface area contributed by atoms with Crippen LogP contribution in [-0.2, 0) is 0 Å². The summed E-state index contributed by atoms with van der Waals surface area (Å²) >= 11 is 0. The number of carbonyl (C=O) groups excluding carboxylic acids is 1. The summed E-state index contributed by atoms with van der Waals surface area (Å²) in [6.45, 7) is 0. The van der Waals surface area contributed by atoms with Gasteiger partial charge < -0.3 is 5.32 Å². The van der Waals surface area contributed by atoms with Gasteiger partial charge in [-0.3, -0.25) is 9.48 Å². The fourth-order valence-corrected chi connectivity index (χ4v) is 3.49. The molecular formula is C20H15F2N3O. The number of amides is 1. The van der Waals surface area contributed by atoms with Crippen LogP contribution in [0.15, 0.2) is 48.8 Å². The molecule has 130 valence electrons. The second-order valence-corrected chi connectivity index (χ2v) is 6.82. The number of rotatable bonds is 3. The summed E-state index contributed by atoms with van der Waals surface area (Å²) in [6, 6.07) is 8.90. The first-order chi connectivity index (χ1) is 12.6. The molecule has 26 heavy (non-hydrogen) atoms. The largest absolute Gasteiger partial charge is 0.341 e. The summed E-state index contributed by atoms with van der Waals surface area (Å²) in [5, 5.41) is 7.35. The summed E-state index contributed by atoms with van der Waals surface area (Å²) in [5.74, 6) is -1.47. The number of nitrogens with zero attached hydrogens (tertiary/aromatic N) is 2. The van der Waals surface area contributed by atoms with Crippen molar-refractivity contribution in [1.29, 1.82) is 0 Å². The van der Waals surface area contributed by atoms with Crippen molar-refractivity contribution in [1.82, 2.24) is 15.1 Å². The van der Waals surface area contributed by atoms with Crippen molar-refractivity contribution in [3.63, 3.8) is 0 Å². The number of fused-ring (bicyclic) bond motifs is 1. The maximum atomic E-state index is 14.1. The molecule has 4 nitrogen and oxygen atoms in total. The van der Waals surface area contributed by atoms with Crippen LogP contribution in [0.25, 0.3) is 11.1 Å². The number of carbonyl (C=O) groups is 1. The third-order valence-corrected chi connectivity index (χ3v) is 5.00. The van der Waals surface area contributed by atoms with Crippen molar-refractivity contribution < 1.29 is 13.6 Å². The van der Waals surface area contributed by atoms with Gasteiger partial charge in [-0.2, -0.15) is 5.10 Å². The highest BCUT2D eigenvalue weighted by molar-refractivity contribution is 6.00. The van der Waals surface area contributed by atoms with E-state index in [1.54, 1.807) is 18.3 Å². The molecule has 2 aromatic carbocycles. The first kappa shape index (κ1) is 15.3. The minimum atomic E-state index is -0.648. The highest BCUT2D eigenvalue weighted by atomic mass is 19.1. The number of benzene rings is 2. The standard InChI is InChI=1S/C20H15F2N3O/c21-13-2-6-15(18(22)8-13)11-1-5-16-17(7-11)20(26)24-19(16)12-9-23-25(10-12)14-3-4-14/h1-2,5-10,14,19H,3-4H2,(H,24,26). The van der Waals surface area contributed by atoms with Crippen molar-refractivity contribution >= 4 is 5.91 Å². The van der Waals surface area contributed by atoms with Crippen LogP contribution in [0.1, 0.15) is 46.4 Å². The van der Waals surface area contributed by atoms with Crippen LogP contribution < -0.4 is 5.32 Å². The zero-order valence-corrected chi connectivity index (χ0v) is 13.7. The van der Waals surface area contributed by atoms with Gasteiger partial charge in [0.15, 0.2) is 0 Å². The van der Waals surface area contributed by atoms with Crippen LogP contribution in [0, 0.1) is 11.6 Å². The van der Waals surface area contributed by atoms with E-state index >= 15 is 0 Å². The predicted molar refractivity (Wildman–Crippen MR) is 91.6 cm³/mol. The maximum absolute atomic E-state index is 14.1. The summed E-state index contributed by atoms with van der Waals surface area (Å²) in [4.78, 5) is 12.4. The number of halogens is 2. The Hall–Kier alpha value is -3.02. The monoisotopic (exact) mass is 351 g/mol. The molecule has 1 atom stereocenters. The third kappa shape index (κ3) is 2.41. The van der Waals surface area contributed by atoms with Crippen LogP contribution in [0.5, 0.6) is 0 Å². The number of hydrogen-bond acceptors (Lipinski definition) is 2. The second-order valence-electron chi connectivity index (χ2n) is 6.82. The Kier molecular flexibility index (Phi) is 3.22. The Morgan fingerprint density at radius 1 is 1.08 bits per heavy atom. The number of hydrogen-bond donors (Lipinski definition) is 1. The highest BCUT2D eigenvalue weighted by Crippen LogP contribution is 2.37. The van der Waals surface area contributed by atoms with Crippen molar-refractivity contribution in [2.24, 2.45) is 0 Å². The average Bonchev–Trinajstić information content (AvgIpc) is 3.27. The van der Waals surface area contributed by atoms with Gasteiger partial charge >= 0.3 is 0 Å². The first-order valence-corrected chi connectivity index (χ1v) is 8.54. The molecule has 1 fully saturated rings. The second kappa shape index (κ2) is 5.49. The van der Waals surface area contributed by atoms with Crippen molar-refractivity contribution in [2.45, 2.75) is 24.9 Å². The molecule has 1 N–H and O–H groups in total. The highest BCUT2D eigenvalue weighted by Gasteiger charge is 2.32. The zero-order chi connectivity index (χ0) is 17.8. The molecule has 5 rings (SSSR count). The number of aromatic nitrogens is 2. The van der Waals surface area contributed by atoms with Crippen LogP contribution in [0.4, 0.5) is 8.78 Å². The molecule has 3 aromatic rings. The molecule has 1 aromatic heterocycles. The van der Waals surface area contributed by atoms with Gasteiger partial charge in [-0.25, -0.2) is 8.78 Å². The zero-order valence-electron chi connectivity index (χ0n) is 13.7. The lowest BCUT2D eigenvalue weighted by atomic mass is 9.96. The molecule has 0 bridgehead atoms. The minimum absolute atomic E-state index is 0.200. The van der Waals surface area contributed by atoms with E-state index in [4.69, 9.17) is 0 Å². The molecular weight excluding hydrogens is 336 g/mol. The van der Waals surface area contributed by atoms with Gasteiger partial charge in [-0.15, -0.1) is 0 Å². The Morgan fingerprint density at radius 3 is 2.69 bits per heavy atom. The van der Waals surface area contributed by atoms with E-state index in [0.717, 1.165) is 30.0 Å². The molecule has 1 saturated carbocycles. The molecule has 1 aliphatic carbocycles. The predicted octanol–water partition coefficient (Wildman–Crippen LogP) is 4.00. The lowest BCUT2D eigenvalue weighted by Crippen LogP contribution is -2.19. The lowest BCUT2D eigenvalue weighted by molar-refractivity contribution is 0.0960. The quantitative estimate of drug-likeness (QED) is 0.775. The Bertz CT molecular complexity index is 1040. The molecule has 6 heteroatoms. The Morgan fingerprint density at radius 2 is 1.92 bits per heavy atom. The fraction of sp³-hybridized carbons (Fsp3) is 0.200. The third-order valence-electron chi connectivity index (χ3n) is 5.00.